The van der Waals surface area contributed by atoms with E-state index in [1.165, 1.54) is 0 Å². The highest BCUT2D eigenvalue weighted by Crippen LogP contribution is 2.29. The summed E-state index contributed by atoms with van der Waals surface area (Å²) in [7, 11) is -3.06. The van der Waals surface area contributed by atoms with E-state index in [-0.39, 0.29) is 5.25 Å². The SMILES string of the molecule is CC1CCN(S(=O)(=O)[C@H]2CC[C@H](NN)CC2)C1. The molecule has 1 saturated carbocycles. The Morgan fingerprint density at radius 2 is 1.82 bits per heavy atom. The van der Waals surface area contributed by atoms with E-state index >= 15 is 0 Å². The summed E-state index contributed by atoms with van der Waals surface area (Å²) in [5, 5.41) is -0.183. The molecule has 0 radical (unpaired) electrons. The second-order valence-corrected chi connectivity index (χ2v) is 7.65. The van der Waals surface area contributed by atoms with Crippen LogP contribution in [0.1, 0.15) is 39.0 Å². The lowest BCUT2D eigenvalue weighted by atomic mass is 9.96. The van der Waals surface area contributed by atoms with E-state index in [2.05, 4.69) is 12.3 Å². The first-order valence-electron chi connectivity index (χ1n) is 6.49. The van der Waals surface area contributed by atoms with Crippen molar-refractivity contribution >= 4 is 10.0 Å². The summed E-state index contributed by atoms with van der Waals surface area (Å²) in [6.07, 6.45) is 4.21. The Balaban J connectivity index is 1.97. The van der Waals surface area contributed by atoms with Crippen molar-refractivity contribution in [3.8, 4) is 0 Å². The van der Waals surface area contributed by atoms with Crippen LogP contribution < -0.4 is 11.3 Å². The van der Waals surface area contributed by atoms with Crippen molar-refractivity contribution in [2.75, 3.05) is 13.1 Å². The van der Waals surface area contributed by atoms with Gasteiger partial charge in [0.15, 0.2) is 0 Å². The number of nitrogens with two attached hydrogens (primary N) is 1. The van der Waals surface area contributed by atoms with Crippen LogP contribution in [-0.4, -0.2) is 37.1 Å². The molecule has 0 aromatic carbocycles. The van der Waals surface area contributed by atoms with Crippen LogP contribution in [0.25, 0.3) is 0 Å². The van der Waals surface area contributed by atoms with E-state index in [9.17, 15) is 8.42 Å². The molecule has 3 N–H and O–H groups in total. The smallest absolute Gasteiger partial charge is 0.216 e. The van der Waals surface area contributed by atoms with Gasteiger partial charge in [0.2, 0.25) is 10.0 Å². The standard InChI is InChI=1S/C11H23N3O2S/c1-9-6-7-14(8-9)17(15,16)11-4-2-10(13-12)3-5-11/h9-11,13H,2-8,12H2,1H3/t9?,10-,11-. The molecule has 2 fully saturated rings. The molecule has 1 aliphatic carbocycles. The lowest BCUT2D eigenvalue weighted by molar-refractivity contribution is 0.363. The van der Waals surface area contributed by atoms with Gasteiger partial charge < -0.3 is 0 Å². The molecular formula is C11H23N3O2S. The average Bonchev–Trinajstić information content (AvgIpc) is 2.77. The monoisotopic (exact) mass is 261 g/mol. The van der Waals surface area contributed by atoms with Crippen molar-refractivity contribution in [2.45, 2.75) is 50.3 Å². The van der Waals surface area contributed by atoms with Crippen molar-refractivity contribution < 1.29 is 8.42 Å². The maximum atomic E-state index is 12.4. The molecule has 1 saturated heterocycles. The second-order valence-electron chi connectivity index (χ2n) is 5.44. The first-order valence-corrected chi connectivity index (χ1v) is 7.99. The molecule has 0 amide bonds. The molecule has 1 atom stereocenters. The number of rotatable bonds is 3. The first kappa shape index (κ1) is 13.3. The van der Waals surface area contributed by atoms with E-state index in [1.807, 2.05) is 0 Å². The molecule has 17 heavy (non-hydrogen) atoms. The number of nitrogens with zero attached hydrogens (tertiary/aromatic N) is 1. The summed E-state index contributed by atoms with van der Waals surface area (Å²) in [6.45, 7) is 3.53. The summed E-state index contributed by atoms with van der Waals surface area (Å²) in [5.41, 5.74) is 2.74. The number of hydrogen-bond donors (Lipinski definition) is 2. The maximum Gasteiger partial charge on any atom is 0.216 e. The predicted octanol–water partition coefficient (Wildman–Crippen LogP) is 0.433. The first-order chi connectivity index (χ1) is 8.04. The highest BCUT2D eigenvalue weighted by Gasteiger charge is 2.37. The van der Waals surface area contributed by atoms with E-state index in [1.54, 1.807) is 4.31 Å². The molecular weight excluding hydrogens is 238 g/mol. The van der Waals surface area contributed by atoms with Gasteiger partial charge in [-0.25, -0.2) is 12.7 Å². The van der Waals surface area contributed by atoms with E-state index in [4.69, 9.17) is 5.84 Å². The lowest BCUT2D eigenvalue weighted by Gasteiger charge is -2.30. The van der Waals surface area contributed by atoms with Crippen LogP contribution in [0.15, 0.2) is 0 Å². The molecule has 0 aromatic heterocycles. The van der Waals surface area contributed by atoms with Gasteiger partial charge in [0.05, 0.1) is 5.25 Å². The van der Waals surface area contributed by atoms with Crippen molar-refractivity contribution in [3.63, 3.8) is 0 Å². The van der Waals surface area contributed by atoms with Gasteiger partial charge in [-0.05, 0) is 38.0 Å². The Morgan fingerprint density at radius 1 is 1.18 bits per heavy atom. The zero-order valence-electron chi connectivity index (χ0n) is 10.4. The van der Waals surface area contributed by atoms with Crippen LogP contribution in [0.3, 0.4) is 0 Å². The van der Waals surface area contributed by atoms with Crippen molar-refractivity contribution in [1.29, 1.82) is 0 Å². The summed E-state index contributed by atoms with van der Waals surface area (Å²) in [6, 6.07) is 0.291. The summed E-state index contributed by atoms with van der Waals surface area (Å²) < 4.78 is 26.5. The van der Waals surface area contributed by atoms with Crippen LogP contribution >= 0.6 is 0 Å². The topological polar surface area (TPSA) is 75.4 Å². The van der Waals surface area contributed by atoms with Crippen molar-refractivity contribution in [3.05, 3.63) is 0 Å². The van der Waals surface area contributed by atoms with Gasteiger partial charge in [-0.15, -0.1) is 0 Å². The lowest BCUT2D eigenvalue weighted by Crippen LogP contribution is -2.44. The van der Waals surface area contributed by atoms with Gasteiger partial charge in [0.25, 0.3) is 0 Å². The number of sulfonamides is 1. The van der Waals surface area contributed by atoms with Crippen LogP contribution in [0.5, 0.6) is 0 Å². The summed E-state index contributed by atoms with van der Waals surface area (Å²) in [4.78, 5) is 0. The van der Waals surface area contributed by atoms with Gasteiger partial charge >= 0.3 is 0 Å². The number of hydrogen-bond acceptors (Lipinski definition) is 4. The van der Waals surface area contributed by atoms with Crippen LogP contribution in [0.4, 0.5) is 0 Å². The highest BCUT2D eigenvalue weighted by atomic mass is 32.2. The molecule has 0 bridgehead atoms. The van der Waals surface area contributed by atoms with E-state index in [0.717, 1.165) is 32.1 Å². The Hall–Kier alpha value is -0.170. The Bertz CT molecular complexity index is 350. The molecule has 2 aliphatic rings. The van der Waals surface area contributed by atoms with Gasteiger partial charge in [0.1, 0.15) is 0 Å². The largest absolute Gasteiger partial charge is 0.271 e. The minimum Gasteiger partial charge on any atom is -0.271 e. The Morgan fingerprint density at radius 3 is 2.29 bits per heavy atom. The molecule has 1 aliphatic heterocycles. The minimum atomic E-state index is -3.06. The summed E-state index contributed by atoms with van der Waals surface area (Å²) in [5.74, 6) is 5.89. The molecule has 6 heteroatoms. The minimum absolute atomic E-state index is 0.183. The van der Waals surface area contributed by atoms with Gasteiger partial charge in [-0.1, -0.05) is 6.92 Å². The van der Waals surface area contributed by atoms with Gasteiger partial charge in [0, 0.05) is 19.1 Å². The zero-order valence-corrected chi connectivity index (χ0v) is 11.2. The Labute approximate surface area is 104 Å². The molecule has 1 heterocycles. The maximum absolute atomic E-state index is 12.4. The van der Waals surface area contributed by atoms with E-state index in [0.29, 0.717) is 25.0 Å². The molecule has 0 spiro atoms. The normalized spacial score (nSPS) is 36.2. The fourth-order valence-electron chi connectivity index (χ4n) is 2.86. The average molecular weight is 261 g/mol. The fraction of sp³-hybridized carbons (Fsp3) is 1.00. The number of nitrogens with one attached hydrogen (secondary N) is 1. The summed E-state index contributed by atoms with van der Waals surface area (Å²) >= 11 is 0. The third-order valence-corrected chi connectivity index (χ3v) is 6.44. The number of hydrazine groups is 1. The third-order valence-electron chi connectivity index (χ3n) is 4.08. The quantitative estimate of drug-likeness (QED) is 0.571. The van der Waals surface area contributed by atoms with Crippen LogP contribution in [-0.2, 0) is 10.0 Å². The van der Waals surface area contributed by atoms with Crippen LogP contribution in [0.2, 0.25) is 0 Å². The zero-order chi connectivity index (χ0) is 12.5. The molecule has 5 nitrogen and oxygen atoms in total. The van der Waals surface area contributed by atoms with Crippen molar-refractivity contribution in [2.24, 2.45) is 11.8 Å². The third kappa shape index (κ3) is 2.81. The molecule has 2 rings (SSSR count). The molecule has 1 unspecified atom stereocenters. The fourth-order valence-corrected chi connectivity index (χ4v) is 4.98. The molecule has 0 aromatic rings. The van der Waals surface area contributed by atoms with Gasteiger partial charge in [-0.3, -0.25) is 11.3 Å². The van der Waals surface area contributed by atoms with E-state index < -0.39 is 10.0 Å². The van der Waals surface area contributed by atoms with Crippen molar-refractivity contribution in [1.82, 2.24) is 9.73 Å². The molecule has 100 valence electrons. The van der Waals surface area contributed by atoms with Gasteiger partial charge in [-0.2, -0.15) is 0 Å². The predicted molar refractivity (Wildman–Crippen MR) is 67.6 cm³/mol. The Kier molecular flexibility index (Phi) is 4.07. The highest BCUT2D eigenvalue weighted by molar-refractivity contribution is 7.89. The van der Waals surface area contributed by atoms with Crippen LogP contribution in [0, 0.1) is 5.92 Å². The second kappa shape index (κ2) is 5.22.